The van der Waals surface area contributed by atoms with E-state index < -0.39 is 0 Å². The molecule has 0 amide bonds. The maximum Gasteiger partial charge on any atom is 0.139 e. The van der Waals surface area contributed by atoms with Crippen LogP contribution in [-0.4, -0.2) is 31.8 Å². The third-order valence-corrected chi connectivity index (χ3v) is 9.68. The number of carbonyl (C=O) groups excluding carboxylic acids is 1. The highest BCUT2D eigenvalue weighted by molar-refractivity contribution is 5.87. The predicted octanol–water partition coefficient (Wildman–Crippen LogP) is 5.24. The van der Waals surface area contributed by atoms with Gasteiger partial charge in [0.2, 0.25) is 0 Å². The van der Waals surface area contributed by atoms with Crippen molar-refractivity contribution < 1.29 is 14.4 Å². The minimum absolute atomic E-state index is 0.0111. The second-order valence-electron chi connectivity index (χ2n) is 11.0. The van der Waals surface area contributed by atoms with E-state index in [2.05, 4.69) is 19.0 Å². The molecule has 174 valence electrons. The van der Waals surface area contributed by atoms with Crippen LogP contribution in [0.2, 0.25) is 0 Å². The Bertz CT molecular complexity index is 726. The lowest BCUT2D eigenvalue weighted by molar-refractivity contribution is -0.137. The van der Waals surface area contributed by atoms with Crippen LogP contribution in [0.25, 0.3) is 0 Å². The van der Waals surface area contributed by atoms with Crippen molar-refractivity contribution in [3.63, 3.8) is 0 Å². The number of hydrogen-bond donors (Lipinski definition) is 1. The quantitative estimate of drug-likeness (QED) is 0.340. The molecule has 4 unspecified atom stereocenters. The van der Waals surface area contributed by atoms with Crippen molar-refractivity contribution in [3.05, 3.63) is 11.8 Å². The number of fused-ring (bicyclic) bond motifs is 5. The van der Waals surface area contributed by atoms with E-state index in [1.54, 1.807) is 7.11 Å². The zero-order valence-corrected chi connectivity index (χ0v) is 19.8. The maximum absolute atomic E-state index is 12.6. The average molecular weight is 431 g/mol. The lowest BCUT2D eigenvalue weighted by Gasteiger charge is -2.59. The highest BCUT2D eigenvalue weighted by atomic mass is 16.6. The van der Waals surface area contributed by atoms with Crippen LogP contribution in [0.5, 0.6) is 0 Å². The van der Waals surface area contributed by atoms with Gasteiger partial charge in [-0.2, -0.15) is 0 Å². The Labute approximate surface area is 188 Å². The summed E-state index contributed by atoms with van der Waals surface area (Å²) in [5, 5.41) is 4.54. The van der Waals surface area contributed by atoms with E-state index in [0.29, 0.717) is 30.3 Å². The smallest absolute Gasteiger partial charge is 0.139 e. The Hall–Kier alpha value is -1.36. The summed E-state index contributed by atoms with van der Waals surface area (Å²) in [4.78, 5) is 18.3. The molecule has 0 aliphatic heterocycles. The van der Waals surface area contributed by atoms with Gasteiger partial charge in [0.15, 0.2) is 0 Å². The summed E-state index contributed by atoms with van der Waals surface area (Å²) in [6, 6.07) is 0. The third kappa shape index (κ3) is 4.19. The number of ketones is 1. The van der Waals surface area contributed by atoms with Crippen molar-refractivity contribution in [3.8, 4) is 0 Å². The molecule has 4 aliphatic carbocycles. The first-order chi connectivity index (χ1) is 14.9. The first-order valence-corrected chi connectivity index (χ1v) is 12.6. The molecule has 0 aromatic carbocycles. The Kier molecular flexibility index (Phi) is 6.81. The summed E-state index contributed by atoms with van der Waals surface area (Å²) in [6.45, 7) is 5.92. The van der Waals surface area contributed by atoms with Crippen LogP contribution in [0.3, 0.4) is 0 Å². The summed E-state index contributed by atoms with van der Waals surface area (Å²) in [5.74, 6) is 4.31. The molecular formula is C26H42N2O3. The predicted molar refractivity (Wildman–Crippen MR) is 124 cm³/mol. The fourth-order valence-electron chi connectivity index (χ4n) is 7.71. The second kappa shape index (κ2) is 9.25. The Morgan fingerprint density at radius 2 is 2.00 bits per heavy atom. The van der Waals surface area contributed by atoms with Crippen LogP contribution < -0.4 is 5.73 Å². The number of unbranched alkanes of at least 4 members (excludes halogenated alkanes) is 1. The number of nitrogens with zero attached hydrogens (tertiary/aromatic N) is 1. The molecule has 5 nitrogen and oxygen atoms in total. The number of carbonyl (C=O) groups is 1. The first kappa shape index (κ1) is 22.8. The molecule has 2 N–H and O–H groups in total. The van der Waals surface area contributed by atoms with Gasteiger partial charge in [0.25, 0.3) is 0 Å². The number of oxime groups is 1. The van der Waals surface area contributed by atoms with Gasteiger partial charge in [-0.3, -0.25) is 4.79 Å². The molecular weight excluding hydrogens is 388 g/mol. The lowest BCUT2D eigenvalue weighted by Crippen LogP contribution is -2.53. The Morgan fingerprint density at radius 1 is 1.16 bits per heavy atom. The van der Waals surface area contributed by atoms with Crippen molar-refractivity contribution >= 4 is 11.5 Å². The van der Waals surface area contributed by atoms with Gasteiger partial charge >= 0.3 is 0 Å². The average Bonchev–Trinajstić information content (AvgIpc) is 3.08. The molecule has 0 aromatic rings. The van der Waals surface area contributed by atoms with Crippen molar-refractivity contribution in [2.24, 2.45) is 45.4 Å². The van der Waals surface area contributed by atoms with E-state index in [1.807, 2.05) is 6.08 Å². The molecule has 4 saturated carbocycles. The second-order valence-corrected chi connectivity index (χ2v) is 11.0. The molecule has 0 spiro atoms. The van der Waals surface area contributed by atoms with Crippen molar-refractivity contribution in [2.75, 3.05) is 20.3 Å². The minimum Gasteiger partial charge on any atom is -0.500 e. The number of allylic oxidation sites excluding steroid dienone is 1. The van der Waals surface area contributed by atoms with Gasteiger partial charge in [-0.25, -0.2) is 0 Å². The number of rotatable bonds is 7. The molecule has 6 atom stereocenters. The molecule has 0 radical (unpaired) electrons. The molecule has 0 bridgehead atoms. The van der Waals surface area contributed by atoms with Gasteiger partial charge in [0.1, 0.15) is 18.1 Å². The van der Waals surface area contributed by atoms with Crippen molar-refractivity contribution in [2.45, 2.75) is 84.5 Å². The molecule has 0 saturated heterocycles. The van der Waals surface area contributed by atoms with E-state index in [-0.39, 0.29) is 5.41 Å². The monoisotopic (exact) mass is 430 g/mol. The van der Waals surface area contributed by atoms with Crippen LogP contribution in [-0.2, 0) is 14.4 Å². The molecule has 4 aliphatic rings. The first-order valence-electron chi connectivity index (χ1n) is 12.6. The number of nitrogens with two attached hydrogens (primary N) is 1. The molecule has 31 heavy (non-hydrogen) atoms. The van der Waals surface area contributed by atoms with Crippen LogP contribution >= 0.6 is 0 Å². The SMILES string of the molecule is CO/C(=C\CCCO/N=C1/CC[C@@]2(C)C(CCC3C2CC[C@]2(C)C(=O)CCC32)C1)CN. The number of Topliss-reactive ketones (excluding diaryl/α,β-unsaturated/α-hetero) is 1. The molecule has 4 rings (SSSR count). The molecule has 0 aromatic heterocycles. The number of hydrogen-bond acceptors (Lipinski definition) is 5. The van der Waals surface area contributed by atoms with Gasteiger partial charge in [-0.05, 0) is 99.4 Å². The molecule has 5 heteroatoms. The largest absolute Gasteiger partial charge is 0.500 e. The summed E-state index contributed by atoms with van der Waals surface area (Å²) in [5.41, 5.74) is 7.26. The van der Waals surface area contributed by atoms with E-state index in [9.17, 15) is 4.79 Å². The fourth-order valence-corrected chi connectivity index (χ4v) is 7.71. The lowest BCUT2D eigenvalue weighted by atomic mass is 9.45. The summed E-state index contributed by atoms with van der Waals surface area (Å²) in [6.07, 6.45) is 14.2. The Balaban J connectivity index is 1.31. The summed E-state index contributed by atoms with van der Waals surface area (Å²) < 4.78 is 5.18. The normalized spacial score (nSPS) is 41.5. The van der Waals surface area contributed by atoms with E-state index in [4.69, 9.17) is 15.3 Å². The highest BCUT2D eigenvalue weighted by Gasteiger charge is 2.60. The summed E-state index contributed by atoms with van der Waals surface area (Å²) in [7, 11) is 1.66. The van der Waals surface area contributed by atoms with Crippen LogP contribution in [0.15, 0.2) is 17.0 Å². The third-order valence-electron chi connectivity index (χ3n) is 9.68. The van der Waals surface area contributed by atoms with Crippen molar-refractivity contribution in [1.29, 1.82) is 0 Å². The highest BCUT2D eigenvalue weighted by Crippen LogP contribution is 2.65. The van der Waals surface area contributed by atoms with Crippen LogP contribution in [0.1, 0.15) is 84.5 Å². The topological polar surface area (TPSA) is 73.9 Å². The number of methoxy groups -OCH3 is 1. The standard InChI is InChI=1S/C26H42N2O3/c1-25-13-11-19(28-31-15-5-4-6-20(17-27)30-3)16-18(25)7-8-21-22-9-10-24(29)26(22,2)14-12-23(21)25/h6,18,21-23H,4-5,7-17,27H2,1-3H3/b20-6-,28-19-/t18?,21?,22?,23?,25-,26-/m0/s1. The van der Waals surface area contributed by atoms with Gasteiger partial charge in [-0.15, -0.1) is 0 Å². The maximum atomic E-state index is 12.6. The van der Waals surface area contributed by atoms with Crippen LogP contribution in [0, 0.1) is 34.5 Å². The van der Waals surface area contributed by atoms with Gasteiger partial charge in [0.05, 0.1) is 19.4 Å². The molecule has 0 heterocycles. The summed E-state index contributed by atoms with van der Waals surface area (Å²) >= 11 is 0. The zero-order valence-electron chi connectivity index (χ0n) is 19.8. The molecule has 4 fully saturated rings. The van der Waals surface area contributed by atoms with E-state index in [1.165, 1.54) is 31.4 Å². The van der Waals surface area contributed by atoms with Gasteiger partial charge < -0.3 is 15.3 Å². The van der Waals surface area contributed by atoms with Crippen molar-refractivity contribution in [1.82, 2.24) is 0 Å². The fraction of sp³-hybridized carbons (Fsp3) is 0.846. The minimum atomic E-state index is -0.0111. The Morgan fingerprint density at radius 3 is 2.77 bits per heavy atom. The van der Waals surface area contributed by atoms with Gasteiger partial charge in [0, 0.05) is 11.8 Å². The van der Waals surface area contributed by atoms with E-state index >= 15 is 0 Å². The van der Waals surface area contributed by atoms with Gasteiger partial charge in [-0.1, -0.05) is 19.0 Å². The number of ether oxygens (including phenoxy) is 1. The van der Waals surface area contributed by atoms with Crippen LogP contribution in [0.4, 0.5) is 0 Å². The zero-order chi connectivity index (χ0) is 22.1. The van der Waals surface area contributed by atoms with E-state index in [0.717, 1.165) is 68.5 Å².